The molecule has 0 aliphatic heterocycles. The topological polar surface area (TPSA) is 47.1 Å². The van der Waals surface area contributed by atoms with Crippen LogP contribution in [0.5, 0.6) is 0 Å². The van der Waals surface area contributed by atoms with Crippen molar-refractivity contribution in [2.24, 2.45) is 5.73 Å². The Hall–Kier alpha value is -0.870. The predicted octanol–water partition coefficient (Wildman–Crippen LogP) is 2.02. The first kappa shape index (κ1) is 14.2. The summed E-state index contributed by atoms with van der Waals surface area (Å²) in [5, 5.41) is 4.57. The van der Waals surface area contributed by atoms with E-state index in [0.29, 0.717) is 12.6 Å². The van der Waals surface area contributed by atoms with E-state index >= 15 is 0 Å². The van der Waals surface area contributed by atoms with Gasteiger partial charge in [0.25, 0.3) is 0 Å². The lowest BCUT2D eigenvalue weighted by Gasteiger charge is -2.36. The molecule has 0 saturated carbocycles. The van der Waals surface area contributed by atoms with E-state index in [0.717, 1.165) is 18.7 Å². The summed E-state index contributed by atoms with van der Waals surface area (Å²) in [6.45, 7) is 10.2. The van der Waals surface area contributed by atoms with Gasteiger partial charge in [0.05, 0.1) is 5.69 Å². The molecule has 0 amide bonds. The molecule has 1 atom stereocenters. The van der Waals surface area contributed by atoms with Crippen molar-refractivity contribution in [2.45, 2.75) is 52.2 Å². The normalized spacial score (nSPS) is 15.5. The molecule has 0 aromatic carbocycles. The second-order valence-corrected chi connectivity index (χ2v) is 5.29. The summed E-state index contributed by atoms with van der Waals surface area (Å²) < 4.78 is 1.99. The Bertz CT molecular complexity index is 339. The lowest BCUT2D eigenvalue weighted by molar-refractivity contribution is 0.129. The fourth-order valence-corrected chi connectivity index (χ4v) is 1.75. The SMILES string of the molecule is CCC(C)(CN)N(C)Cc1ccn(C(C)C)n1. The van der Waals surface area contributed by atoms with Gasteiger partial charge in [0.15, 0.2) is 0 Å². The van der Waals surface area contributed by atoms with E-state index in [2.05, 4.69) is 50.8 Å². The zero-order valence-electron chi connectivity index (χ0n) is 11.8. The van der Waals surface area contributed by atoms with E-state index in [9.17, 15) is 0 Å². The van der Waals surface area contributed by atoms with E-state index in [1.807, 2.05) is 10.9 Å². The third kappa shape index (κ3) is 3.30. The van der Waals surface area contributed by atoms with Gasteiger partial charge in [0, 0.05) is 30.9 Å². The molecule has 98 valence electrons. The van der Waals surface area contributed by atoms with Gasteiger partial charge in [-0.25, -0.2) is 0 Å². The molecule has 0 bridgehead atoms. The minimum absolute atomic E-state index is 0.0572. The molecule has 17 heavy (non-hydrogen) atoms. The van der Waals surface area contributed by atoms with Crippen LogP contribution in [0.1, 0.15) is 45.9 Å². The Morgan fingerprint density at radius 3 is 2.59 bits per heavy atom. The number of hydrogen-bond acceptors (Lipinski definition) is 3. The fourth-order valence-electron chi connectivity index (χ4n) is 1.75. The molecular formula is C13H26N4. The second-order valence-electron chi connectivity index (χ2n) is 5.29. The molecule has 0 aliphatic rings. The summed E-state index contributed by atoms with van der Waals surface area (Å²) in [5.41, 5.74) is 7.02. The Morgan fingerprint density at radius 2 is 2.18 bits per heavy atom. The minimum Gasteiger partial charge on any atom is -0.329 e. The van der Waals surface area contributed by atoms with Crippen molar-refractivity contribution in [3.8, 4) is 0 Å². The van der Waals surface area contributed by atoms with Crippen molar-refractivity contribution in [1.82, 2.24) is 14.7 Å². The van der Waals surface area contributed by atoms with Crippen LogP contribution in [0.25, 0.3) is 0 Å². The maximum absolute atomic E-state index is 5.86. The maximum atomic E-state index is 5.86. The van der Waals surface area contributed by atoms with Crippen LogP contribution < -0.4 is 5.73 Å². The zero-order chi connectivity index (χ0) is 13.1. The van der Waals surface area contributed by atoms with Crippen LogP contribution in [0.2, 0.25) is 0 Å². The van der Waals surface area contributed by atoms with Crippen molar-refractivity contribution >= 4 is 0 Å². The third-order valence-corrected chi connectivity index (χ3v) is 3.71. The highest BCUT2D eigenvalue weighted by molar-refractivity contribution is 5.01. The summed E-state index contributed by atoms with van der Waals surface area (Å²) in [5.74, 6) is 0. The first-order valence-electron chi connectivity index (χ1n) is 6.38. The summed E-state index contributed by atoms with van der Waals surface area (Å²) >= 11 is 0. The van der Waals surface area contributed by atoms with Crippen molar-refractivity contribution in [1.29, 1.82) is 0 Å². The van der Waals surface area contributed by atoms with E-state index in [1.54, 1.807) is 0 Å². The molecule has 0 spiro atoms. The van der Waals surface area contributed by atoms with E-state index in [1.165, 1.54) is 0 Å². The molecular weight excluding hydrogens is 212 g/mol. The van der Waals surface area contributed by atoms with Gasteiger partial charge in [-0.2, -0.15) is 5.10 Å². The van der Waals surface area contributed by atoms with Gasteiger partial charge < -0.3 is 5.73 Å². The third-order valence-electron chi connectivity index (χ3n) is 3.71. The predicted molar refractivity (Wildman–Crippen MR) is 71.8 cm³/mol. The van der Waals surface area contributed by atoms with Crippen LogP contribution in [-0.2, 0) is 6.54 Å². The molecule has 0 fully saturated rings. The molecule has 2 N–H and O–H groups in total. The lowest BCUT2D eigenvalue weighted by atomic mass is 9.97. The molecule has 1 heterocycles. The molecule has 0 aliphatic carbocycles. The van der Waals surface area contributed by atoms with Gasteiger partial charge in [-0.15, -0.1) is 0 Å². The number of hydrogen-bond donors (Lipinski definition) is 1. The summed E-state index contributed by atoms with van der Waals surface area (Å²) in [4.78, 5) is 2.29. The lowest BCUT2D eigenvalue weighted by Crippen LogP contribution is -2.48. The molecule has 1 unspecified atom stereocenters. The average molecular weight is 238 g/mol. The molecule has 1 rings (SSSR count). The van der Waals surface area contributed by atoms with E-state index in [4.69, 9.17) is 5.73 Å². The maximum Gasteiger partial charge on any atom is 0.0764 e. The van der Waals surface area contributed by atoms with Gasteiger partial charge in [-0.1, -0.05) is 6.92 Å². The van der Waals surface area contributed by atoms with Crippen LogP contribution in [0.3, 0.4) is 0 Å². The quantitative estimate of drug-likeness (QED) is 0.825. The molecule has 1 aromatic heterocycles. The average Bonchev–Trinajstić information content (AvgIpc) is 2.76. The summed E-state index contributed by atoms with van der Waals surface area (Å²) in [7, 11) is 2.12. The van der Waals surface area contributed by atoms with Gasteiger partial charge in [0.1, 0.15) is 0 Å². The Balaban J connectivity index is 2.70. The zero-order valence-corrected chi connectivity index (χ0v) is 11.8. The first-order chi connectivity index (χ1) is 7.92. The van der Waals surface area contributed by atoms with Crippen molar-refractivity contribution < 1.29 is 0 Å². The van der Waals surface area contributed by atoms with Crippen LogP contribution >= 0.6 is 0 Å². The van der Waals surface area contributed by atoms with Crippen molar-refractivity contribution in [3.05, 3.63) is 18.0 Å². The minimum atomic E-state index is 0.0572. The van der Waals surface area contributed by atoms with Gasteiger partial charge >= 0.3 is 0 Å². The van der Waals surface area contributed by atoms with Crippen LogP contribution in [0.4, 0.5) is 0 Å². The highest BCUT2D eigenvalue weighted by atomic mass is 15.3. The van der Waals surface area contributed by atoms with Crippen LogP contribution in [0, 0.1) is 0 Å². The Kier molecular flexibility index (Phi) is 4.71. The van der Waals surface area contributed by atoms with Crippen LogP contribution in [-0.4, -0.2) is 33.8 Å². The van der Waals surface area contributed by atoms with Crippen molar-refractivity contribution in [2.75, 3.05) is 13.6 Å². The summed E-state index contributed by atoms with van der Waals surface area (Å²) in [6, 6.07) is 2.50. The highest BCUT2D eigenvalue weighted by Crippen LogP contribution is 2.18. The molecule has 0 radical (unpaired) electrons. The second kappa shape index (κ2) is 5.65. The van der Waals surface area contributed by atoms with Crippen LogP contribution in [0.15, 0.2) is 12.3 Å². The summed E-state index contributed by atoms with van der Waals surface area (Å²) in [6.07, 6.45) is 3.09. The molecule has 0 saturated heterocycles. The molecule has 4 heteroatoms. The number of rotatable bonds is 6. The Labute approximate surface area is 105 Å². The standard InChI is InChI=1S/C13H26N4/c1-6-13(4,10-14)16(5)9-12-7-8-17(15-12)11(2)3/h7-8,11H,6,9-10,14H2,1-5H3. The number of likely N-dealkylation sites (N-methyl/N-ethyl adjacent to an activating group) is 1. The molecule has 4 nitrogen and oxygen atoms in total. The number of aromatic nitrogens is 2. The fraction of sp³-hybridized carbons (Fsp3) is 0.769. The Morgan fingerprint density at radius 1 is 1.53 bits per heavy atom. The number of nitrogens with two attached hydrogens (primary N) is 1. The van der Waals surface area contributed by atoms with E-state index < -0.39 is 0 Å². The highest BCUT2D eigenvalue weighted by Gasteiger charge is 2.25. The molecule has 1 aromatic rings. The van der Waals surface area contributed by atoms with Crippen molar-refractivity contribution in [3.63, 3.8) is 0 Å². The monoisotopic (exact) mass is 238 g/mol. The van der Waals surface area contributed by atoms with Gasteiger partial charge in [-0.3, -0.25) is 9.58 Å². The van der Waals surface area contributed by atoms with Gasteiger partial charge in [0.2, 0.25) is 0 Å². The van der Waals surface area contributed by atoms with Gasteiger partial charge in [-0.05, 0) is 40.3 Å². The first-order valence-corrected chi connectivity index (χ1v) is 6.38. The van der Waals surface area contributed by atoms with E-state index in [-0.39, 0.29) is 5.54 Å². The number of nitrogens with zero attached hydrogens (tertiary/aromatic N) is 3. The largest absolute Gasteiger partial charge is 0.329 e. The smallest absolute Gasteiger partial charge is 0.0764 e.